The molecule has 0 unspecified atom stereocenters. The van der Waals surface area contributed by atoms with E-state index in [1.54, 1.807) is 11.3 Å². The largest absolute Gasteiger partial charge is 0.410 e. The normalized spacial score (nSPS) is 14.9. The quantitative estimate of drug-likeness (QED) is 0.264. The van der Waals surface area contributed by atoms with E-state index in [1.807, 2.05) is 6.92 Å². The first-order valence-electron chi connectivity index (χ1n) is 7.60. The number of aryl methyl sites for hydroxylation is 1. The molecule has 23 heavy (non-hydrogen) atoms. The van der Waals surface area contributed by atoms with Crippen LogP contribution >= 0.6 is 57.9 Å². The molecule has 0 radical (unpaired) electrons. The summed E-state index contributed by atoms with van der Waals surface area (Å²) in [5.41, 5.74) is 2.30. The predicted molar refractivity (Wildman–Crippen MR) is 126 cm³/mol. The van der Waals surface area contributed by atoms with Gasteiger partial charge in [0.2, 0.25) is 0 Å². The molecular formula is C17H29I2NOSSi. The molecule has 0 fully saturated rings. The van der Waals surface area contributed by atoms with Crippen LogP contribution in [0.1, 0.15) is 44.8 Å². The maximum atomic E-state index is 6.64. The third-order valence-corrected chi connectivity index (χ3v) is 9.99. The molecule has 0 N–H and O–H groups in total. The Hall–Kier alpha value is 0.747. The zero-order valence-electron chi connectivity index (χ0n) is 15.1. The highest BCUT2D eigenvalue weighted by Gasteiger charge is 2.39. The van der Waals surface area contributed by atoms with Crippen LogP contribution in [-0.4, -0.2) is 19.4 Å². The first-order chi connectivity index (χ1) is 10.1. The molecule has 0 aliphatic heterocycles. The fraction of sp³-hybridized carbons (Fsp3) is 0.588. The fourth-order valence-electron chi connectivity index (χ4n) is 1.81. The van der Waals surface area contributed by atoms with Crippen LogP contribution in [0.3, 0.4) is 0 Å². The van der Waals surface area contributed by atoms with E-state index in [1.165, 1.54) is 5.57 Å². The third-order valence-electron chi connectivity index (χ3n) is 4.20. The van der Waals surface area contributed by atoms with E-state index in [0.717, 1.165) is 17.1 Å². The summed E-state index contributed by atoms with van der Waals surface area (Å²) in [7, 11) is -1.79. The molecule has 2 nitrogen and oxygen atoms in total. The molecule has 1 aromatic rings. The molecule has 6 heteroatoms. The number of halogens is 2. The highest BCUT2D eigenvalue weighted by atomic mass is 127. The van der Waals surface area contributed by atoms with Crippen molar-refractivity contribution in [2.45, 2.75) is 65.3 Å². The molecule has 1 heterocycles. The van der Waals surface area contributed by atoms with Crippen molar-refractivity contribution in [3.63, 3.8) is 0 Å². The SMILES string of the molecule is C/C(=C\c1csc(C)n1)[C@H](C/C=C\I)O[Si](C)(C)C(C)(C)C.I. The van der Waals surface area contributed by atoms with Crippen LogP contribution in [-0.2, 0) is 4.43 Å². The number of nitrogens with zero attached hydrogens (tertiary/aromatic N) is 1. The molecule has 0 spiro atoms. The molecule has 0 aromatic carbocycles. The minimum atomic E-state index is -1.79. The van der Waals surface area contributed by atoms with Crippen molar-refractivity contribution in [3.05, 3.63) is 31.8 Å². The summed E-state index contributed by atoms with van der Waals surface area (Å²) in [6.45, 7) is 15.7. The van der Waals surface area contributed by atoms with E-state index in [9.17, 15) is 0 Å². The van der Waals surface area contributed by atoms with Crippen molar-refractivity contribution in [1.29, 1.82) is 0 Å². The Balaban J connectivity index is 0.00000484. The molecule has 0 saturated carbocycles. The van der Waals surface area contributed by atoms with Gasteiger partial charge in [0.15, 0.2) is 8.32 Å². The van der Waals surface area contributed by atoms with Crippen LogP contribution in [0.4, 0.5) is 0 Å². The van der Waals surface area contributed by atoms with Crippen molar-refractivity contribution in [2.24, 2.45) is 0 Å². The van der Waals surface area contributed by atoms with Crippen LogP contribution in [0, 0.1) is 6.92 Å². The molecule has 0 amide bonds. The van der Waals surface area contributed by atoms with Crippen molar-refractivity contribution < 1.29 is 4.43 Å². The van der Waals surface area contributed by atoms with Gasteiger partial charge in [0.05, 0.1) is 16.8 Å². The van der Waals surface area contributed by atoms with Crippen molar-refractivity contribution in [3.8, 4) is 0 Å². The lowest BCUT2D eigenvalue weighted by atomic mass is 10.1. The lowest BCUT2D eigenvalue weighted by Crippen LogP contribution is -2.44. The standard InChI is InChI=1S/C17H28INOSSi.HI/c1-13(11-15-12-21-14(2)19-15)16(9-8-10-18)20-22(6,7)17(3,4)5;/h8,10-12,16H,9H2,1-7H3;1H/b10-8-,13-11+;/t16-;/m0./s1. The highest BCUT2D eigenvalue weighted by molar-refractivity contribution is 14.1. The van der Waals surface area contributed by atoms with Crippen molar-refractivity contribution in [1.82, 2.24) is 4.98 Å². The number of rotatable bonds is 6. The summed E-state index contributed by atoms with van der Waals surface area (Å²) in [5.74, 6) is 0. The highest BCUT2D eigenvalue weighted by Crippen LogP contribution is 2.38. The zero-order chi connectivity index (χ0) is 17.0. The number of aromatic nitrogens is 1. The Bertz CT molecular complexity index is 547. The Morgan fingerprint density at radius 2 is 2.04 bits per heavy atom. The number of hydrogen-bond donors (Lipinski definition) is 0. The molecule has 132 valence electrons. The van der Waals surface area contributed by atoms with Crippen LogP contribution in [0.25, 0.3) is 6.08 Å². The lowest BCUT2D eigenvalue weighted by molar-refractivity contribution is 0.218. The second kappa shape index (κ2) is 10.0. The molecule has 1 rings (SSSR count). The van der Waals surface area contributed by atoms with Gasteiger partial charge in [-0.1, -0.05) is 49.4 Å². The van der Waals surface area contributed by atoms with Gasteiger partial charge in [0, 0.05) is 5.38 Å². The molecular weight excluding hydrogens is 548 g/mol. The first-order valence-corrected chi connectivity index (χ1v) is 12.6. The Labute approximate surface area is 177 Å². The topological polar surface area (TPSA) is 22.1 Å². The Morgan fingerprint density at radius 3 is 2.48 bits per heavy atom. The van der Waals surface area contributed by atoms with E-state index < -0.39 is 8.32 Å². The van der Waals surface area contributed by atoms with Crippen LogP contribution in [0.5, 0.6) is 0 Å². The summed E-state index contributed by atoms with van der Waals surface area (Å²) >= 11 is 3.96. The number of thiazole rings is 1. The monoisotopic (exact) mass is 577 g/mol. The number of hydrogen-bond acceptors (Lipinski definition) is 3. The van der Waals surface area contributed by atoms with Gasteiger partial charge in [-0.05, 0) is 54.1 Å². The predicted octanol–water partition coefficient (Wildman–Crippen LogP) is 7.20. The van der Waals surface area contributed by atoms with E-state index in [4.69, 9.17) is 4.43 Å². The summed E-state index contributed by atoms with van der Waals surface area (Å²) in [6, 6.07) is 0. The summed E-state index contributed by atoms with van der Waals surface area (Å²) in [6.07, 6.45) is 5.40. The first kappa shape index (κ1) is 23.7. The van der Waals surface area contributed by atoms with E-state index in [0.29, 0.717) is 0 Å². The van der Waals surface area contributed by atoms with Gasteiger partial charge in [0.25, 0.3) is 0 Å². The van der Waals surface area contributed by atoms with Crippen molar-refractivity contribution in [2.75, 3.05) is 0 Å². The van der Waals surface area contributed by atoms with Gasteiger partial charge < -0.3 is 4.43 Å². The third kappa shape index (κ3) is 7.66. The average Bonchev–Trinajstić information content (AvgIpc) is 2.78. The summed E-state index contributed by atoms with van der Waals surface area (Å²) in [5, 5.41) is 3.43. The van der Waals surface area contributed by atoms with Gasteiger partial charge in [-0.3, -0.25) is 0 Å². The molecule has 1 atom stereocenters. The maximum absolute atomic E-state index is 6.64. The fourth-order valence-corrected chi connectivity index (χ4v) is 4.02. The van der Waals surface area contributed by atoms with Gasteiger partial charge in [0.1, 0.15) is 0 Å². The Morgan fingerprint density at radius 1 is 1.43 bits per heavy atom. The molecule has 0 bridgehead atoms. The molecule has 0 aliphatic carbocycles. The van der Waals surface area contributed by atoms with Crippen LogP contribution < -0.4 is 0 Å². The van der Waals surface area contributed by atoms with E-state index in [2.05, 4.69) is 90.0 Å². The van der Waals surface area contributed by atoms with Gasteiger partial charge >= 0.3 is 0 Å². The van der Waals surface area contributed by atoms with Crippen LogP contribution in [0.2, 0.25) is 18.1 Å². The molecule has 0 saturated heterocycles. The smallest absolute Gasteiger partial charge is 0.192 e. The second-order valence-electron chi connectivity index (χ2n) is 7.14. The maximum Gasteiger partial charge on any atom is 0.192 e. The zero-order valence-corrected chi connectivity index (χ0v) is 21.4. The Kier molecular flexibility index (Phi) is 10.4. The van der Waals surface area contributed by atoms with Crippen molar-refractivity contribution >= 4 is 72.3 Å². The van der Waals surface area contributed by atoms with Gasteiger partial charge in [-0.25, -0.2) is 4.98 Å². The second-order valence-corrected chi connectivity index (χ2v) is 13.7. The molecule has 0 aliphatic rings. The molecule has 1 aromatic heterocycles. The average molecular weight is 577 g/mol. The van der Waals surface area contributed by atoms with Gasteiger partial charge in [-0.2, -0.15) is 0 Å². The van der Waals surface area contributed by atoms with E-state index in [-0.39, 0.29) is 35.1 Å². The lowest BCUT2D eigenvalue weighted by Gasteiger charge is -2.39. The van der Waals surface area contributed by atoms with Gasteiger partial charge in [-0.15, -0.1) is 35.3 Å². The van der Waals surface area contributed by atoms with Crippen LogP contribution in [0.15, 0.2) is 21.1 Å². The summed E-state index contributed by atoms with van der Waals surface area (Å²) in [4.78, 5) is 4.54. The summed E-state index contributed by atoms with van der Waals surface area (Å²) < 4.78 is 8.71. The minimum absolute atomic E-state index is 0. The minimum Gasteiger partial charge on any atom is -0.410 e. The van der Waals surface area contributed by atoms with E-state index >= 15 is 0 Å².